The van der Waals surface area contributed by atoms with Gasteiger partial charge >= 0.3 is 5.69 Å². The average molecular weight is 338 g/mol. The first kappa shape index (κ1) is 15.5. The first-order valence-electron chi connectivity index (χ1n) is 8.29. The third-order valence-corrected chi connectivity index (χ3v) is 4.64. The van der Waals surface area contributed by atoms with E-state index in [9.17, 15) is 9.59 Å². The van der Waals surface area contributed by atoms with E-state index < -0.39 is 0 Å². The number of rotatable bonds is 3. The van der Waals surface area contributed by atoms with Crippen LogP contribution in [0, 0.1) is 0 Å². The second-order valence-electron chi connectivity index (χ2n) is 6.21. The molecule has 128 valence electrons. The molecule has 0 saturated carbocycles. The van der Waals surface area contributed by atoms with Gasteiger partial charge in [0.25, 0.3) is 0 Å². The van der Waals surface area contributed by atoms with E-state index >= 15 is 0 Å². The summed E-state index contributed by atoms with van der Waals surface area (Å²) in [5.41, 5.74) is 2.01. The van der Waals surface area contributed by atoms with E-state index in [1.165, 1.54) is 6.33 Å². The van der Waals surface area contributed by atoms with Crippen LogP contribution in [0.3, 0.4) is 0 Å². The Balaban J connectivity index is 1.45. The molecular formula is C17H18N6O2. The fraction of sp³-hybridized carbons (Fsp3) is 0.353. The molecule has 0 radical (unpaired) electrons. The number of imidazole rings is 1. The molecule has 0 aromatic carbocycles. The zero-order valence-electron chi connectivity index (χ0n) is 13.6. The molecule has 0 unspecified atom stereocenters. The fourth-order valence-electron chi connectivity index (χ4n) is 3.38. The average Bonchev–Trinajstić information content (AvgIpc) is 2.98. The number of nitrogens with zero attached hydrogens (tertiary/aromatic N) is 5. The van der Waals surface area contributed by atoms with Crippen LogP contribution in [0.2, 0.25) is 0 Å². The number of piperidine rings is 1. The minimum atomic E-state index is -0.171. The number of likely N-dealkylation sites (tertiary alicyclic amines) is 1. The molecule has 3 aromatic heterocycles. The van der Waals surface area contributed by atoms with Crippen molar-refractivity contribution in [2.75, 3.05) is 13.1 Å². The fourth-order valence-corrected chi connectivity index (χ4v) is 3.38. The number of nitrogens with one attached hydrogen (secondary N) is 1. The quantitative estimate of drug-likeness (QED) is 0.766. The van der Waals surface area contributed by atoms with Crippen LogP contribution >= 0.6 is 0 Å². The van der Waals surface area contributed by atoms with Crippen molar-refractivity contribution < 1.29 is 4.79 Å². The van der Waals surface area contributed by atoms with E-state index in [0.29, 0.717) is 30.7 Å². The van der Waals surface area contributed by atoms with Crippen molar-refractivity contribution in [1.29, 1.82) is 0 Å². The smallest absolute Gasteiger partial charge is 0.327 e. The van der Waals surface area contributed by atoms with Gasteiger partial charge in [0.1, 0.15) is 11.8 Å². The van der Waals surface area contributed by atoms with E-state index in [1.54, 1.807) is 23.2 Å². The van der Waals surface area contributed by atoms with E-state index in [2.05, 4.69) is 19.9 Å². The molecule has 1 amide bonds. The number of hydrogen-bond donors (Lipinski definition) is 1. The van der Waals surface area contributed by atoms with E-state index in [0.717, 1.165) is 18.4 Å². The number of carbonyl (C=O) groups excluding carboxylic acids is 1. The lowest BCUT2D eigenvalue weighted by atomic mass is 10.0. The van der Waals surface area contributed by atoms with Gasteiger partial charge in [0, 0.05) is 31.5 Å². The summed E-state index contributed by atoms with van der Waals surface area (Å²) in [7, 11) is 0. The number of hydrogen-bond acceptors (Lipinski definition) is 5. The molecule has 1 saturated heterocycles. The second-order valence-corrected chi connectivity index (χ2v) is 6.21. The number of fused-ring (bicyclic) bond motifs is 1. The van der Waals surface area contributed by atoms with Crippen LogP contribution < -0.4 is 5.69 Å². The standard InChI is InChI=1S/C17H18N6O2/c24-15(8-12-2-1-5-18-9-12)22-6-3-13(4-7-22)23-16-14(21-17(23)25)10-19-11-20-16/h1-2,5,9-11,13H,3-4,6-8H2,(H,21,25). The lowest BCUT2D eigenvalue weighted by Crippen LogP contribution is -2.41. The Kier molecular flexibility index (Phi) is 4.01. The molecule has 8 heteroatoms. The van der Waals surface area contributed by atoms with Crippen molar-refractivity contribution in [2.45, 2.75) is 25.3 Å². The minimum absolute atomic E-state index is 0.0404. The molecule has 1 aliphatic heterocycles. The SMILES string of the molecule is O=C(Cc1cccnc1)N1CCC(n2c(=O)[nH]c3cncnc32)CC1. The summed E-state index contributed by atoms with van der Waals surface area (Å²) in [4.78, 5) is 41.5. The van der Waals surface area contributed by atoms with Crippen LogP contribution in [0.15, 0.2) is 41.8 Å². The number of aromatic nitrogens is 5. The zero-order valence-corrected chi connectivity index (χ0v) is 13.6. The maximum atomic E-state index is 12.4. The van der Waals surface area contributed by atoms with Crippen LogP contribution in [-0.4, -0.2) is 48.4 Å². The Bertz CT molecular complexity index is 940. The monoisotopic (exact) mass is 338 g/mol. The third-order valence-electron chi connectivity index (χ3n) is 4.64. The maximum Gasteiger partial charge on any atom is 0.327 e. The Morgan fingerprint density at radius 3 is 2.84 bits per heavy atom. The van der Waals surface area contributed by atoms with Gasteiger partial charge < -0.3 is 9.88 Å². The first-order valence-corrected chi connectivity index (χ1v) is 8.29. The molecule has 0 spiro atoms. The van der Waals surface area contributed by atoms with Crippen molar-refractivity contribution in [3.63, 3.8) is 0 Å². The Hall–Kier alpha value is -3.03. The largest absolute Gasteiger partial charge is 0.342 e. The Labute approximate surface area is 143 Å². The van der Waals surface area contributed by atoms with Gasteiger partial charge in [-0.15, -0.1) is 0 Å². The number of aromatic amines is 1. The molecule has 1 aliphatic rings. The van der Waals surface area contributed by atoms with E-state index in [4.69, 9.17) is 0 Å². The molecule has 0 bridgehead atoms. The summed E-state index contributed by atoms with van der Waals surface area (Å²) >= 11 is 0. The zero-order chi connectivity index (χ0) is 17.2. The summed E-state index contributed by atoms with van der Waals surface area (Å²) in [5.74, 6) is 0.0973. The predicted molar refractivity (Wildman–Crippen MR) is 90.9 cm³/mol. The Morgan fingerprint density at radius 1 is 1.24 bits per heavy atom. The van der Waals surface area contributed by atoms with Gasteiger partial charge in [0.2, 0.25) is 5.91 Å². The number of H-pyrrole nitrogens is 1. The van der Waals surface area contributed by atoms with Crippen molar-refractivity contribution >= 4 is 17.1 Å². The highest BCUT2D eigenvalue weighted by Gasteiger charge is 2.26. The van der Waals surface area contributed by atoms with Crippen LogP contribution in [0.1, 0.15) is 24.4 Å². The van der Waals surface area contributed by atoms with Crippen molar-refractivity contribution in [3.8, 4) is 0 Å². The molecule has 4 heterocycles. The topological polar surface area (TPSA) is 96.8 Å². The van der Waals surface area contributed by atoms with Gasteiger partial charge in [-0.05, 0) is 24.5 Å². The van der Waals surface area contributed by atoms with E-state index in [1.807, 2.05) is 17.0 Å². The van der Waals surface area contributed by atoms with Crippen molar-refractivity contribution in [1.82, 2.24) is 29.4 Å². The molecule has 8 nitrogen and oxygen atoms in total. The molecule has 0 aliphatic carbocycles. The molecule has 1 fully saturated rings. The van der Waals surface area contributed by atoms with Crippen molar-refractivity contribution in [2.24, 2.45) is 0 Å². The lowest BCUT2D eigenvalue weighted by molar-refractivity contribution is -0.131. The summed E-state index contributed by atoms with van der Waals surface area (Å²) in [6.45, 7) is 1.27. The van der Waals surface area contributed by atoms with Crippen LogP contribution in [0.25, 0.3) is 11.2 Å². The highest BCUT2D eigenvalue weighted by Crippen LogP contribution is 2.24. The number of pyridine rings is 1. The summed E-state index contributed by atoms with van der Waals surface area (Å²) in [5, 5.41) is 0. The highest BCUT2D eigenvalue weighted by molar-refractivity contribution is 5.78. The first-order chi connectivity index (χ1) is 12.2. The number of amides is 1. The molecule has 25 heavy (non-hydrogen) atoms. The minimum Gasteiger partial charge on any atom is -0.342 e. The van der Waals surface area contributed by atoms with Gasteiger partial charge in [-0.2, -0.15) is 0 Å². The second kappa shape index (κ2) is 6.46. The molecule has 0 atom stereocenters. The normalized spacial score (nSPS) is 15.6. The van der Waals surface area contributed by atoms with Crippen LogP contribution in [0.4, 0.5) is 0 Å². The van der Waals surface area contributed by atoms with Gasteiger partial charge in [-0.25, -0.2) is 14.8 Å². The molecular weight excluding hydrogens is 320 g/mol. The summed E-state index contributed by atoms with van der Waals surface area (Å²) in [6, 6.07) is 3.78. The Morgan fingerprint density at radius 2 is 2.08 bits per heavy atom. The van der Waals surface area contributed by atoms with E-state index in [-0.39, 0.29) is 17.6 Å². The number of carbonyl (C=O) groups is 1. The van der Waals surface area contributed by atoms with Gasteiger partial charge in [0.05, 0.1) is 12.6 Å². The summed E-state index contributed by atoms with van der Waals surface area (Å²) in [6.07, 6.45) is 8.29. The molecule has 4 rings (SSSR count). The van der Waals surface area contributed by atoms with Gasteiger partial charge in [0.15, 0.2) is 5.65 Å². The summed E-state index contributed by atoms with van der Waals surface area (Å²) < 4.78 is 1.69. The highest BCUT2D eigenvalue weighted by atomic mass is 16.2. The molecule has 3 aromatic rings. The predicted octanol–water partition coefficient (Wildman–Crippen LogP) is 0.921. The van der Waals surface area contributed by atoms with Crippen LogP contribution in [-0.2, 0) is 11.2 Å². The maximum absolute atomic E-state index is 12.4. The third kappa shape index (κ3) is 3.02. The van der Waals surface area contributed by atoms with Gasteiger partial charge in [-0.1, -0.05) is 6.07 Å². The van der Waals surface area contributed by atoms with Gasteiger partial charge in [-0.3, -0.25) is 14.3 Å². The lowest BCUT2D eigenvalue weighted by Gasteiger charge is -2.32. The molecule has 1 N–H and O–H groups in total. The van der Waals surface area contributed by atoms with Crippen LogP contribution in [0.5, 0.6) is 0 Å². The van der Waals surface area contributed by atoms with Crippen molar-refractivity contribution in [3.05, 3.63) is 53.1 Å².